The van der Waals surface area contributed by atoms with Crippen LogP contribution >= 0.6 is 23.4 Å². The Hall–Kier alpha value is -2.75. The van der Waals surface area contributed by atoms with E-state index in [0.717, 1.165) is 22.9 Å². The Morgan fingerprint density at radius 2 is 1.96 bits per heavy atom. The van der Waals surface area contributed by atoms with E-state index in [-0.39, 0.29) is 24.3 Å². The van der Waals surface area contributed by atoms with Crippen molar-refractivity contribution in [1.29, 1.82) is 5.26 Å². The number of hydrogen-bond donors (Lipinski definition) is 0. The molecule has 0 spiro atoms. The molecule has 0 atom stereocenters. The second kappa shape index (κ2) is 8.09. The first kappa shape index (κ1) is 18.1. The Kier molecular flexibility index (Phi) is 5.61. The molecule has 1 aliphatic heterocycles. The fourth-order valence-electron chi connectivity index (χ4n) is 2.37. The van der Waals surface area contributed by atoms with Crippen LogP contribution in [0.15, 0.2) is 53.4 Å². The molecule has 0 aromatic heterocycles. The number of rotatable bonds is 5. The molecule has 3 rings (SSSR count). The first-order chi connectivity index (χ1) is 12.6. The van der Waals surface area contributed by atoms with Gasteiger partial charge in [0.25, 0.3) is 11.1 Å². The molecule has 26 heavy (non-hydrogen) atoms. The lowest BCUT2D eigenvalue weighted by Crippen LogP contribution is -2.27. The highest BCUT2D eigenvalue weighted by Gasteiger charge is 2.34. The highest BCUT2D eigenvalue weighted by Crippen LogP contribution is 2.33. The molecule has 0 unspecified atom stereocenters. The molecule has 130 valence electrons. The minimum atomic E-state index is -0.335. The van der Waals surface area contributed by atoms with Crippen LogP contribution in [-0.2, 0) is 11.3 Å². The second-order valence-electron chi connectivity index (χ2n) is 5.41. The number of benzene rings is 2. The van der Waals surface area contributed by atoms with Crippen molar-refractivity contribution >= 4 is 40.6 Å². The van der Waals surface area contributed by atoms with Crippen molar-refractivity contribution in [3.8, 4) is 11.8 Å². The monoisotopic (exact) mass is 384 g/mol. The van der Waals surface area contributed by atoms with Gasteiger partial charge in [0.1, 0.15) is 11.8 Å². The molecule has 1 aliphatic rings. The zero-order chi connectivity index (χ0) is 18.5. The lowest BCUT2D eigenvalue weighted by molar-refractivity contribution is -0.123. The van der Waals surface area contributed by atoms with Crippen molar-refractivity contribution in [1.82, 2.24) is 4.90 Å². The van der Waals surface area contributed by atoms with Gasteiger partial charge >= 0.3 is 0 Å². The zero-order valence-electron chi connectivity index (χ0n) is 13.5. The maximum atomic E-state index is 12.6. The summed E-state index contributed by atoms with van der Waals surface area (Å²) in [6.07, 6.45) is 1.64. The zero-order valence-corrected chi connectivity index (χ0v) is 15.1. The predicted octanol–water partition coefficient (Wildman–Crippen LogP) is 4.48. The molecule has 0 N–H and O–H groups in total. The Morgan fingerprint density at radius 1 is 1.19 bits per heavy atom. The van der Waals surface area contributed by atoms with Gasteiger partial charge in [-0.15, -0.1) is 0 Å². The van der Waals surface area contributed by atoms with Gasteiger partial charge < -0.3 is 4.74 Å². The van der Waals surface area contributed by atoms with Crippen LogP contribution in [0.3, 0.4) is 0 Å². The van der Waals surface area contributed by atoms with Gasteiger partial charge in [-0.25, -0.2) is 0 Å². The molecule has 1 heterocycles. The molecule has 7 heteroatoms. The van der Waals surface area contributed by atoms with Gasteiger partial charge in [0.15, 0.2) is 6.61 Å². The van der Waals surface area contributed by atoms with E-state index >= 15 is 0 Å². The summed E-state index contributed by atoms with van der Waals surface area (Å²) in [6, 6.07) is 15.9. The normalized spacial score (nSPS) is 15.4. The molecule has 1 fully saturated rings. The third kappa shape index (κ3) is 4.26. The van der Waals surface area contributed by atoms with E-state index in [1.165, 1.54) is 4.90 Å². The summed E-state index contributed by atoms with van der Waals surface area (Å²) in [7, 11) is 0. The summed E-state index contributed by atoms with van der Waals surface area (Å²) in [5.41, 5.74) is 1.54. The van der Waals surface area contributed by atoms with Crippen molar-refractivity contribution in [2.24, 2.45) is 0 Å². The average Bonchev–Trinajstić information content (AvgIpc) is 2.89. The Morgan fingerprint density at radius 3 is 2.69 bits per heavy atom. The summed E-state index contributed by atoms with van der Waals surface area (Å²) in [6.45, 7) is 0.144. The number of halogens is 1. The van der Waals surface area contributed by atoms with Gasteiger partial charge in [0.05, 0.1) is 11.4 Å². The average molecular weight is 385 g/mol. The van der Waals surface area contributed by atoms with E-state index in [1.54, 1.807) is 54.6 Å². The third-order valence-electron chi connectivity index (χ3n) is 3.59. The Bertz CT molecular complexity index is 919. The summed E-state index contributed by atoms with van der Waals surface area (Å²) < 4.78 is 5.25. The molecule has 0 saturated carbocycles. The van der Waals surface area contributed by atoms with Crippen molar-refractivity contribution in [2.45, 2.75) is 6.54 Å². The number of nitriles is 1. The quantitative estimate of drug-likeness (QED) is 0.711. The fourth-order valence-corrected chi connectivity index (χ4v) is 3.33. The standard InChI is InChI=1S/C19H13ClN2O3S/c20-15-6-4-13(5-7-15)12-22-18(23)17(26-19(22)24)11-14-2-1-3-16(10-14)25-9-8-21/h1-7,10-11H,9,12H2/b17-11-. The maximum Gasteiger partial charge on any atom is 0.293 e. The van der Waals surface area contributed by atoms with Crippen LogP contribution in [0.1, 0.15) is 11.1 Å². The fraction of sp³-hybridized carbons (Fsp3) is 0.105. The summed E-state index contributed by atoms with van der Waals surface area (Å²) in [5, 5.41) is 8.86. The third-order valence-corrected chi connectivity index (χ3v) is 4.75. The molecule has 0 radical (unpaired) electrons. The Balaban J connectivity index is 1.76. The van der Waals surface area contributed by atoms with E-state index in [9.17, 15) is 9.59 Å². The van der Waals surface area contributed by atoms with Gasteiger partial charge in [0.2, 0.25) is 0 Å². The number of carbonyl (C=O) groups is 2. The smallest absolute Gasteiger partial charge is 0.293 e. The molecule has 2 aromatic carbocycles. The van der Waals surface area contributed by atoms with E-state index in [0.29, 0.717) is 15.7 Å². The number of hydrogen-bond acceptors (Lipinski definition) is 5. The lowest BCUT2D eigenvalue weighted by Gasteiger charge is -2.12. The van der Waals surface area contributed by atoms with Crippen molar-refractivity contribution in [3.63, 3.8) is 0 Å². The van der Waals surface area contributed by atoms with Crippen LogP contribution in [0.4, 0.5) is 4.79 Å². The lowest BCUT2D eigenvalue weighted by atomic mass is 10.2. The van der Waals surface area contributed by atoms with E-state index in [2.05, 4.69) is 0 Å². The largest absolute Gasteiger partial charge is 0.479 e. The SMILES string of the molecule is N#CCOc1cccc(/C=C2\SC(=O)N(Cc3ccc(Cl)cc3)C2=O)c1. The van der Waals surface area contributed by atoms with Crippen LogP contribution in [0.2, 0.25) is 5.02 Å². The minimum absolute atomic E-state index is 0.0545. The molecule has 0 aliphatic carbocycles. The molecular formula is C19H13ClN2O3S. The number of amides is 2. The molecular weight excluding hydrogens is 372 g/mol. The molecule has 5 nitrogen and oxygen atoms in total. The summed E-state index contributed by atoms with van der Waals surface area (Å²) in [4.78, 5) is 26.3. The van der Waals surface area contributed by atoms with Gasteiger partial charge in [-0.3, -0.25) is 14.5 Å². The topological polar surface area (TPSA) is 70.4 Å². The van der Waals surface area contributed by atoms with Crippen molar-refractivity contribution in [2.75, 3.05) is 6.61 Å². The number of nitrogens with zero attached hydrogens (tertiary/aromatic N) is 2. The Labute approximate surface area is 159 Å². The molecule has 0 bridgehead atoms. The number of ether oxygens (including phenoxy) is 1. The molecule has 2 amide bonds. The number of imide groups is 1. The van der Waals surface area contributed by atoms with Crippen LogP contribution in [0.5, 0.6) is 5.75 Å². The van der Waals surface area contributed by atoms with Crippen molar-refractivity contribution in [3.05, 3.63) is 69.6 Å². The van der Waals surface area contributed by atoms with Gasteiger partial charge in [-0.1, -0.05) is 35.9 Å². The summed E-state index contributed by atoms with van der Waals surface area (Å²) in [5.74, 6) is 0.194. The van der Waals surface area contributed by atoms with E-state index in [4.69, 9.17) is 21.6 Å². The highest BCUT2D eigenvalue weighted by atomic mass is 35.5. The summed E-state index contributed by atoms with van der Waals surface area (Å²) >= 11 is 6.76. The van der Waals surface area contributed by atoms with Gasteiger partial charge in [0, 0.05) is 5.02 Å². The second-order valence-corrected chi connectivity index (χ2v) is 6.84. The highest BCUT2D eigenvalue weighted by molar-refractivity contribution is 8.18. The van der Waals surface area contributed by atoms with E-state index in [1.807, 2.05) is 6.07 Å². The van der Waals surface area contributed by atoms with E-state index < -0.39 is 0 Å². The minimum Gasteiger partial charge on any atom is -0.479 e. The van der Waals surface area contributed by atoms with Crippen LogP contribution in [0.25, 0.3) is 6.08 Å². The van der Waals surface area contributed by atoms with Crippen LogP contribution in [0, 0.1) is 11.3 Å². The molecule has 2 aromatic rings. The van der Waals surface area contributed by atoms with Gasteiger partial charge in [-0.05, 0) is 53.2 Å². The van der Waals surface area contributed by atoms with Crippen LogP contribution in [-0.4, -0.2) is 22.7 Å². The first-order valence-corrected chi connectivity index (χ1v) is 8.86. The number of thioether (sulfide) groups is 1. The molecule has 1 saturated heterocycles. The van der Waals surface area contributed by atoms with Gasteiger partial charge in [-0.2, -0.15) is 5.26 Å². The van der Waals surface area contributed by atoms with Crippen LogP contribution < -0.4 is 4.74 Å². The first-order valence-electron chi connectivity index (χ1n) is 7.66. The predicted molar refractivity (Wildman–Crippen MR) is 101 cm³/mol. The van der Waals surface area contributed by atoms with Crippen molar-refractivity contribution < 1.29 is 14.3 Å². The number of carbonyl (C=O) groups excluding carboxylic acids is 2. The maximum absolute atomic E-state index is 12.6.